The minimum Gasteiger partial charge on any atom is -0.436 e. The van der Waals surface area contributed by atoms with Crippen LogP contribution in [0.1, 0.15) is 97.0 Å². The van der Waals surface area contributed by atoms with Gasteiger partial charge >= 0.3 is 12.2 Å². The molecule has 2 aliphatic rings. The van der Waals surface area contributed by atoms with Gasteiger partial charge in [-0.15, -0.1) is 0 Å². The van der Waals surface area contributed by atoms with E-state index in [0.717, 1.165) is 95.1 Å². The van der Waals surface area contributed by atoms with Crippen LogP contribution in [0.5, 0.6) is 0 Å². The fourth-order valence-electron chi connectivity index (χ4n) is 9.24. The summed E-state index contributed by atoms with van der Waals surface area (Å²) in [6, 6.07) is 51.3. The Kier molecular flexibility index (Phi) is 15.7. The molecule has 0 aliphatic heterocycles. The van der Waals surface area contributed by atoms with E-state index in [1.165, 1.54) is 18.4 Å². The Morgan fingerprint density at radius 2 is 0.815 bits per heavy atom. The zero-order valence-corrected chi connectivity index (χ0v) is 37.1. The number of unbranched alkanes of at least 4 members (excludes halogenated alkanes) is 7. The van der Waals surface area contributed by atoms with Crippen LogP contribution in [0.4, 0.5) is 9.59 Å². The van der Waals surface area contributed by atoms with Gasteiger partial charge < -0.3 is 30.7 Å². The molecule has 6 aromatic carbocycles. The smallest absolute Gasteiger partial charge is 0.408 e. The number of fused-ring (bicyclic) bond motifs is 6. The monoisotopic (exact) mass is 868 g/mol. The van der Waals surface area contributed by atoms with Gasteiger partial charge in [0, 0.05) is 47.8 Å². The standard InChI is InChI=1S/C56H60N4O5/c61-54(51(38-41-25-11-8-12-26-41)60-56(63)65-53-49-33-19-15-29-45(49)46-30-16-20-34-50(46)53)58-36-22-6-4-2-1-3-5-21-35-57-39-42(37-40-23-9-7-10-24-40)59-55(62)64-52-47-31-17-13-27-43(47)44-28-14-18-32-48(44)52/h7-20,23-34,42,51-53,57H,1-6,21-22,35-39H2,(H,58,61)(H,59,62)(H,60,63). The van der Waals surface area contributed by atoms with Crippen LogP contribution in [0, 0.1) is 0 Å². The first-order valence-electron chi connectivity index (χ1n) is 23.4. The van der Waals surface area contributed by atoms with Gasteiger partial charge in [0.15, 0.2) is 12.2 Å². The second-order valence-electron chi connectivity index (χ2n) is 17.2. The van der Waals surface area contributed by atoms with Gasteiger partial charge in [-0.25, -0.2) is 9.59 Å². The first kappa shape index (κ1) is 44.9. The van der Waals surface area contributed by atoms with Crippen LogP contribution < -0.4 is 21.3 Å². The molecule has 4 N–H and O–H groups in total. The lowest BCUT2D eigenvalue weighted by molar-refractivity contribution is -0.123. The van der Waals surface area contributed by atoms with Crippen LogP contribution in [-0.2, 0) is 27.1 Å². The van der Waals surface area contributed by atoms with Crippen molar-refractivity contribution in [2.24, 2.45) is 0 Å². The maximum absolute atomic E-state index is 13.5. The van der Waals surface area contributed by atoms with Gasteiger partial charge in [-0.05, 0) is 59.2 Å². The lowest BCUT2D eigenvalue weighted by Crippen LogP contribution is -2.48. The second-order valence-corrected chi connectivity index (χ2v) is 17.2. The quantitative estimate of drug-likeness (QED) is 0.0505. The predicted octanol–water partition coefficient (Wildman–Crippen LogP) is 11.0. The molecule has 65 heavy (non-hydrogen) atoms. The van der Waals surface area contributed by atoms with Crippen molar-refractivity contribution in [1.29, 1.82) is 0 Å². The Bertz CT molecular complexity index is 2400. The molecule has 0 saturated heterocycles. The molecule has 0 bridgehead atoms. The molecule has 334 valence electrons. The summed E-state index contributed by atoms with van der Waals surface area (Å²) in [4.78, 5) is 40.3. The van der Waals surface area contributed by atoms with Gasteiger partial charge in [-0.2, -0.15) is 0 Å². The van der Waals surface area contributed by atoms with E-state index < -0.39 is 30.4 Å². The zero-order valence-electron chi connectivity index (χ0n) is 37.1. The van der Waals surface area contributed by atoms with Crippen molar-refractivity contribution >= 4 is 18.1 Å². The number of carbonyl (C=O) groups is 3. The summed E-state index contributed by atoms with van der Waals surface area (Å²) in [5.41, 5.74) is 10.4. The highest BCUT2D eigenvalue weighted by atomic mass is 16.6. The average Bonchev–Trinajstić information content (AvgIpc) is 3.82. The zero-order chi connectivity index (χ0) is 44.6. The molecule has 2 aliphatic carbocycles. The van der Waals surface area contributed by atoms with Gasteiger partial charge in [-0.3, -0.25) is 4.79 Å². The van der Waals surface area contributed by atoms with Gasteiger partial charge in [0.05, 0.1) is 0 Å². The first-order valence-corrected chi connectivity index (χ1v) is 23.4. The van der Waals surface area contributed by atoms with Crippen LogP contribution >= 0.6 is 0 Å². The number of hydrogen-bond donors (Lipinski definition) is 4. The first-order chi connectivity index (χ1) is 32.0. The third kappa shape index (κ3) is 11.9. The van der Waals surface area contributed by atoms with Crippen LogP contribution in [0.15, 0.2) is 158 Å². The highest BCUT2D eigenvalue weighted by molar-refractivity contribution is 5.86. The summed E-state index contributed by atoms with van der Waals surface area (Å²) in [6.07, 6.45) is 7.78. The van der Waals surface area contributed by atoms with Gasteiger partial charge in [0.2, 0.25) is 5.91 Å². The lowest BCUT2D eigenvalue weighted by Gasteiger charge is -2.22. The van der Waals surface area contributed by atoms with E-state index in [1.54, 1.807) is 0 Å². The average molecular weight is 869 g/mol. The van der Waals surface area contributed by atoms with Crippen molar-refractivity contribution in [2.75, 3.05) is 19.6 Å². The number of ether oxygens (including phenoxy) is 2. The Hall–Kier alpha value is -6.71. The normalized spacial score (nSPS) is 13.4. The maximum Gasteiger partial charge on any atom is 0.408 e. The third-order valence-corrected chi connectivity index (χ3v) is 12.5. The number of nitrogens with one attached hydrogen (secondary N) is 4. The fourth-order valence-corrected chi connectivity index (χ4v) is 9.24. The lowest BCUT2D eigenvalue weighted by atomic mass is 10.0. The van der Waals surface area contributed by atoms with Crippen molar-refractivity contribution in [1.82, 2.24) is 21.3 Å². The molecule has 0 fully saturated rings. The van der Waals surface area contributed by atoms with E-state index in [4.69, 9.17) is 9.47 Å². The number of amides is 3. The SMILES string of the molecule is O=C(NC(CNCCCCCCCCCCNC(=O)C(Cc1ccccc1)NC(=O)OC1c2ccccc2-c2ccccc21)Cc1ccccc1)OC1c2ccccc2-c2ccccc21. The summed E-state index contributed by atoms with van der Waals surface area (Å²) in [5.74, 6) is -0.213. The highest BCUT2D eigenvalue weighted by Crippen LogP contribution is 2.46. The van der Waals surface area contributed by atoms with Crippen LogP contribution in [0.25, 0.3) is 22.3 Å². The Morgan fingerprint density at radius 1 is 0.431 bits per heavy atom. The summed E-state index contributed by atoms with van der Waals surface area (Å²) in [6.45, 7) is 2.08. The van der Waals surface area contributed by atoms with Crippen molar-refractivity contribution in [3.05, 3.63) is 191 Å². The summed E-state index contributed by atoms with van der Waals surface area (Å²) >= 11 is 0. The van der Waals surface area contributed by atoms with E-state index >= 15 is 0 Å². The summed E-state index contributed by atoms with van der Waals surface area (Å²) in [7, 11) is 0. The number of carbonyl (C=O) groups excluding carboxylic acids is 3. The minimum absolute atomic E-state index is 0.122. The molecule has 0 aromatic heterocycles. The maximum atomic E-state index is 13.5. The van der Waals surface area contributed by atoms with Crippen LogP contribution in [0.3, 0.4) is 0 Å². The molecule has 0 radical (unpaired) electrons. The molecule has 8 rings (SSSR count). The van der Waals surface area contributed by atoms with Crippen molar-refractivity contribution in [3.8, 4) is 22.3 Å². The molecule has 9 nitrogen and oxygen atoms in total. The van der Waals surface area contributed by atoms with Gasteiger partial charge in [-0.1, -0.05) is 196 Å². The fraction of sp³-hybridized carbons (Fsp3) is 0.304. The van der Waals surface area contributed by atoms with Gasteiger partial charge in [0.1, 0.15) is 6.04 Å². The summed E-state index contributed by atoms with van der Waals surface area (Å²) in [5, 5.41) is 12.7. The van der Waals surface area contributed by atoms with Crippen LogP contribution in [-0.4, -0.2) is 49.8 Å². The van der Waals surface area contributed by atoms with E-state index in [1.807, 2.05) is 133 Å². The van der Waals surface area contributed by atoms with E-state index in [2.05, 4.69) is 45.5 Å². The molecule has 2 atom stereocenters. The molecule has 0 heterocycles. The third-order valence-electron chi connectivity index (χ3n) is 12.5. The topological polar surface area (TPSA) is 118 Å². The highest BCUT2D eigenvalue weighted by Gasteiger charge is 2.33. The molecule has 0 saturated carbocycles. The van der Waals surface area contributed by atoms with Crippen molar-refractivity contribution in [3.63, 3.8) is 0 Å². The summed E-state index contributed by atoms with van der Waals surface area (Å²) < 4.78 is 12.1. The molecule has 3 amide bonds. The van der Waals surface area contributed by atoms with E-state index in [9.17, 15) is 14.4 Å². The van der Waals surface area contributed by atoms with Crippen molar-refractivity contribution in [2.45, 2.75) is 88.5 Å². The van der Waals surface area contributed by atoms with E-state index in [0.29, 0.717) is 25.9 Å². The molecular weight excluding hydrogens is 809 g/mol. The predicted molar refractivity (Wildman–Crippen MR) is 257 cm³/mol. The molecule has 6 aromatic rings. The Labute approximate surface area is 383 Å². The number of rotatable bonds is 22. The van der Waals surface area contributed by atoms with Crippen molar-refractivity contribution < 1.29 is 23.9 Å². The Balaban J connectivity index is 0.714. The van der Waals surface area contributed by atoms with Gasteiger partial charge in [0.25, 0.3) is 0 Å². The number of benzene rings is 6. The molecule has 2 unspecified atom stereocenters. The number of alkyl carbamates (subject to hydrolysis) is 2. The molecule has 0 spiro atoms. The van der Waals surface area contributed by atoms with E-state index in [-0.39, 0.29) is 11.9 Å². The number of hydrogen-bond acceptors (Lipinski definition) is 6. The largest absolute Gasteiger partial charge is 0.436 e. The molecular formula is C56H60N4O5. The Morgan fingerprint density at radius 3 is 1.29 bits per heavy atom. The van der Waals surface area contributed by atoms with Crippen LogP contribution in [0.2, 0.25) is 0 Å². The minimum atomic E-state index is -0.770. The molecule has 9 heteroatoms. The second kappa shape index (κ2) is 22.8.